The van der Waals surface area contributed by atoms with E-state index >= 15 is 0 Å². The molecule has 0 amide bonds. The van der Waals surface area contributed by atoms with Crippen molar-refractivity contribution in [3.05, 3.63) is 23.5 Å². The number of aliphatic carboxylic acids is 1. The number of halogens is 1. The third-order valence-corrected chi connectivity index (χ3v) is 4.97. The van der Waals surface area contributed by atoms with Crippen LogP contribution in [0, 0.1) is 5.82 Å². The Labute approximate surface area is 147 Å². The van der Waals surface area contributed by atoms with Crippen LogP contribution in [0.25, 0.3) is 0 Å². The van der Waals surface area contributed by atoms with Crippen molar-refractivity contribution in [1.29, 1.82) is 0 Å². The Balaban J connectivity index is 0.00000194. The van der Waals surface area contributed by atoms with Crippen LogP contribution in [0.4, 0.5) is 4.39 Å². The van der Waals surface area contributed by atoms with Crippen LogP contribution in [-0.4, -0.2) is 53.7 Å². The van der Waals surface area contributed by atoms with Crippen molar-refractivity contribution in [1.82, 2.24) is 0 Å². The van der Waals surface area contributed by atoms with Crippen LogP contribution in [0.15, 0.2) is 12.1 Å². The van der Waals surface area contributed by atoms with E-state index in [1.807, 2.05) is 0 Å². The number of carboxylic acid groups (broad SMARTS) is 1. The lowest BCUT2D eigenvalue weighted by atomic mass is 10.2. The van der Waals surface area contributed by atoms with Crippen LogP contribution in [0.5, 0.6) is 11.5 Å². The number of benzene rings is 1. The Morgan fingerprint density at radius 3 is 2.46 bits per heavy atom. The molecule has 0 aromatic heterocycles. The van der Waals surface area contributed by atoms with Crippen molar-refractivity contribution < 1.29 is 47.9 Å². The van der Waals surface area contributed by atoms with Gasteiger partial charge in [-0.15, -0.1) is 0 Å². The molecule has 0 aliphatic carbocycles. The molecular formula is C14H19FNO9P. The molecule has 0 spiro atoms. The smallest absolute Gasteiger partial charge is 0.373 e. The second kappa shape index (κ2) is 11.3. The molecule has 0 saturated heterocycles. The van der Waals surface area contributed by atoms with Gasteiger partial charge in [0.25, 0.3) is 0 Å². The fourth-order valence-electron chi connectivity index (χ4n) is 1.84. The van der Waals surface area contributed by atoms with Gasteiger partial charge in [0.2, 0.25) is 7.37 Å². The Morgan fingerprint density at radius 2 is 2.00 bits per heavy atom. The van der Waals surface area contributed by atoms with Crippen LogP contribution in [0.1, 0.15) is 17.8 Å². The number of hydrogen-bond donors (Lipinski definition) is 4. The summed E-state index contributed by atoms with van der Waals surface area (Å²) in [6.45, 7) is -0.610. The number of ether oxygens (including phenoxy) is 2. The highest BCUT2D eigenvalue weighted by atomic mass is 31.2. The number of nitrogens with two attached hydrogens (primary N) is 1. The normalized spacial score (nSPS) is 13.4. The van der Waals surface area contributed by atoms with E-state index in [0.717, 1.165) is 12.1 Å². The van der Waals surface area contributed by atoms with Gasteiger partial charge in [0, 0.05) is 6.16 Å². The lowest BCUT2D eigenvalue weighted by Gasteiger charge is -2.20. The first kappa shape index (κ1) is 23.7. The predicted molar refractivity (Wildman–Crippen MR) is 84.4 cm³/mol. The summed E-state index contributed by atoms with van der Waals surface area (Å²) in [6.07, 6.45) is 0.260. The highest BCUT2D eigenvalue weighted by molar-refractivity contribution is 7.58. The van der Waals surface area contributed by atoms with Gasteiger partial charge in [0.1, 0.15) is 0 Å². The van der Waals surface area contributed by atoms with Crippen molar-refractivity contribution in [2.24, 2.45) is 5.73 Å². The standard InChI is InChI=1S/C13H19FNO7P.CO2/c1-21-10-6-8(13(18)23(19,20)4-2-3-15)5-9(14)12(10)22-7-11(16)17;2-1-3/h5-6,13,18H,2-4,7,15H2,1H3,(H,16,17)(H,19,20);. The van der Waals surface area contributed by atoms with Crippen LogP contribution < -0.4 is 15.2 Å². The lowest BCUT2D eigenvalue weighted by molar-refractivity contribution is -0.191. The van der Waals surface area contributed by atoms with Crippen molar-refractivity contribution >= 4 is 19.5 Å². The monoisotopic (exact) mass is 395 g/mol. The average molecular weight is 395 g/mol. The van der Waals surface area contributed by atoms with E-state index in [4.69, 9.17) is 29.9 Å². The van der Waals surface area contributed by atoms with Crippen molar-refractivity contribution in [2.45, 2.75) is 12.3 Å². The SMILES string of the molecule is COc1cc(C(O)P(=O)(O)CCCN)cc(F)c1OCC(=O)O.O=C=O. The molecule has 0 heterocycles. The van der Waals surface area contributed by atoms with Gasteiger partial charge in [-0.05, 0) is 30.7 Å². The third-order valence-electron chi connectivity index (χ3n) is 2.95. The minimum atomic E-state index is -4.00. The Hall–Kier alpha value is -2.29. The molecule has 146 valence electrons. The van der Waals surface area contributed by atoms with E-state index in [9.17, 15) is 23.7 Å². The first-order valence-corrected chi connectivity index (χ1v) is 8.96. The molecule has 0 aliphatic heterocycles. The zero-order valence-electron chi connectivity index (χ0n) is 13.8. The molecular weight excluding hydrogens is 376 g/mol. The number of rotatable bonds is 9. The molecule has 0 fully saturated rings. The predicted octanol–water partition coefficient (Wildman–Crippen LogP) is 0.324. The number of methoxy groups -OCH3 is 1. The van der Waals surface area contributed by atoms with Crippen LogP contribution in [0.2, 0.25) is 0 Å². The Morgan fingerprint density at radius 1 is 1.42 bits per heavy atom. The van der Waals surface area contributed by atoms with Gasteiger partial charge in [0.05, 0.1) is 7.11 Å². The van der Waals surface area contributed by atoms with Crippen LogP contribution in [0.3, 0.4) is 0 Å². The largest absolute Gasteiger partial charge is 0.493 e. The molecule has 10 nitrogen and oxygen atoms in total. The molecule has 1 aromatic rings. The summed E-state index contributed by atoms with van der Waals surface area (Å²) in [6, 6.07) is 1.92. The molecule has 0 radical (unpaired) electrons. The van der Waals surface area contributed by atoms with Crippen LogP contribution in [-0.2, 0) is 18.9 Å². The molecule has 0 aliphatic rings. The number of carbonyl (C=O) groups excluding carboxylic acids is 2. The van der Waals surface area contributed by atoms with Gasteiger partial charge in [-0.3, -0.25) is 4.57 Å². The number of aliphatic hydroxyl groups excluding tert-OH is 1. The topological polar surface area (TPSA) is 173 Å². The molecule has 26 heavy (non-hydrogen) atoms. The molecule has 2 unspecified atom stereocenters. The number of hydrogen-bond acceptors (Lipinski definition) is 8. The zero-order chi connectivity index (χ0) is 20.3. The quantitative estimate of drug-likeness (QED) is 0.426. The number of carbonyl (C=O) groups is 1. The van der Waals surface area contributed by atoms with Gasteiger partial charge in [-0.25, -0.2) is 9.18 Å². The second-order valence-electron chi connectivity index (χ2n) is 4.79. The zero-order valence-corrected chi connectivity index (χ0v) is 14.6. The fraction of sp³-hybridized carbons (Fsp3) is 0.429. The summed E-state index contributed by atoms with van der Waals surface area (Å²) in [4.78, 5) is 36.6. The van der Waals surface area contributed by atoms with Gasteiger partial charge >= 0.3 is 12.1 Å². The van der Waals surface area contributed by atoms with E-state index in [1.165, 1.54) is 7.11 Å². The highest BCUT2D eigenvalue weighted by Gasteiger charge is 2.31. The van der Waals surface area contributed by atoms with E-state index in [1.54, 1.807) is 0 Å². The molecule has 1 aromatic carbocycles. The molecule has 0 saturated carbocycles. The van der Waals surface area contributed by atoms with E-state index in [-0.39, 0.29) is 36.6 Å². The van der Waals surface area contributed by atoms with Gasteiger partial charge in [0.15, 0.2) is 29.8 Å². The highest BCUT2D eigenvalue weighted by Crippen LogP contribution is 2.55. The second-order valence-corrected chi connectivity index (χ2v) is 7.24. The summed E-state index contributed by atoms with van der Waals surface area (Å²) in [5.74, 6) is -4.79. The average Bonchev–Trinajstić information content (AvgIpc) is 2.58. The van der Waals surface area contributed by atoms with E-state index < -0.39 is 37.4 Å². The Kier molecular flexibility index (Phi) is 10.3. The van der Waals surface area contributed by atoms with E-state index in [0.29, 0.717) is 0 Å². The molecule has 12 heteroatoms. The minimum absolute atomic E-state index is 0.176. The molecule has 2 atom stereocenters. The minimum Gasteiger partial charge on any atom is -0.493 e. The first-order chi connectivity index (χ1) is 12.1. The van der Waals surface area contributed by atoms with Crippen molar-refractivity contribution in [3.8, 4) is 11.5 Å². The summed E-state index contributed by atoms with van der Waals surface area (Å²) in [5.41, 5.74) is 5.09. The molecule has 5 N–H and O–H groups in total. The van der Waals surface area contributed by atoms with Crippen LogP contribution >= 0.6 is 7.37 Å². The Bertz CT molecular complexity index is 691. The van der Waals surface area contributed by atoms with Gasteiger partial charge < -0.3 is 30.3 Å². The number of aliphatic hydroxyl groups is 1. The van der Waals surface area contributed by atoms with Crippen molar-refractivity contribution in [3.63, 3.8) is 0 Å². The summed E-state index contributed by atoms with van der Waals surface area (Å²) in [5, 5.41) is 18.6. The molecule has 0 bridgehead atoms. The third kappa shape index (κ3) is 7.30. The van der Waals surface area contributed by atoms with Gasteiger partial charge in [-0.2, -0.15) is 9.59 Å². The summed E-state index contributed by atoms with van der Waals surface area (Å²) >= 11 is 0. The summed E-state index contributed by atoms with van der Waals surface area (Å²) in [7, 11) is -2.81. The maximum Gasteiger partial charge on any atom is 0.373 e. The number of carboxylic acids is 1. The maximum absolute atomic E-state index is 14.0. The lowest BCUT2D eigenvalue weighted by Crippen LogP contribution is -2.12. The fourth-order valence-corrected chi connectivity index (χ4v) is 3.33. The van der Waals surface area contributed by atoms with Gasteiger partial charge in [-0.1, -0.05) is 0 Å². The van der Waals surface area contributed by atoms with E-state index in [2.05, 4.69) is 0 Å². The van der Waals surface area contributed by atoms with Crippen molar-refractivity contribution in [2.75, 3.05) is 26.4 Å². The maximum atomic E-state index is 14.0. The first-order valence-electron chi connectivity index (χ1n) is 7.05. The summed E-state index contributed by atoms with van der Waals surface area (Å²) < 4.78 is 35.8. The molecule has 1 rings (SSSR count).